The van der Waals surface area contributed by atoms with E-state index < -0.39 is 0 Å². The van der Waals surface area contributed by atoms with Crippen molar-refractivity contribution in [2.75, 3.05) is 44.5 Å². The first-order valence-corrected chi connectivity index (χ1v) is 13.8. The zero-order valence-electron chi connectivity index (χ0n) is 24.0. The van der Waals surface area contributed by atoms with Crippen molar-refractivity contribution in [2.24, 2.45) is 4.99 Å². The number of ether oxygens (including phenoxy) is 1. The topological polar surface area (TPSA) is 66.0 Å². The molecule has 0 aliphatic carbocycles. The van der Waals surface area contributed by atoms with Crippen molar-refractivity contribution in [3.8, 4) is 0 Å². The lowest BCUT2D eigenvalue weighted by atomic mass is 9.87. The number of carbonyl (C=O) groups excluding carboxylic acids is 1. The number of anilines is 2. The Hall–Kier alpha value is -3.48. The second-order valence-corrected chi connectivity index (χ2v) is 10.6. The first kappa shape index (κ1) is 28.5. The van der Waals surface area contributed by atoms with Crippen LogP contribution in [0.3, 0.4) is 0 Å². The molecular formula is C33H42N4O2. The van der Waals surface area contributed by atoms with Crippen LogP contribution in [0, 0.1) is 0 Å². The summed E-state index contributed by atoms with van der Waals surface area (Å²) in [5.74, 6) is 0.664. The van der Waals surface area contributed by atoms with Crippen molar-refractivity contribution in [2.45, 2.75) is 51.7 Å². The molecule has 2 heterocycles. The zero-order valence-corrected chi connectivity index (χ0v) is 24.0. The molecule has 39 heavy (non-hydrogen) atoms. The van der Waals surface area contributed by atoms with Crippen molar-refractivity contribution in [1.29, 1.82) is 0 Å². The van der Waals surface area contributed by atoms with E-state index in [2.05, 4.69) is 77.4 Å². The largest absolute Gasteiger partial charge is 0.381 e. The molecular weight excluding hydrogens is 484 g/mol. The van der Waals surface area contributed by atoms with Crippen LogP contribution in [-0.2, 0) is 4.74 Å². The van der Waals surface area contributed by atoms with Gasteiger partial charge in [-0.25, -0.2) is 0 Å². The number of piperidine rings is 1. The summed E-state index contributed by atoms with van der Waals surface area (Å²) in [6.45, 7) is 13.3. The van der Waals surface area contributed by atoms with Crippen LogP contribution >= 0.6 is 0 Å². The highest BCUT2D eigenvalue weighted by atomic mass is 16.5. The molecule has 0 spiro atoms. The van der Waals surface area contributed by atoms with Gasteiger partial charge in [-0.15, -0.1) is 0 Å². The van der Waals surface area contributed by atoms with Gasteiger partial charge < -0.3 is 15.4 Å². The van der Waals surface area contributed by atoms with Crippen LogP contribution in [0.4, 0.5) is 11.4 Å². The van der Waals surface area contributed by atoms with E-state index in [1.165, 1.54) is 11.1 Å². The molecule has 4 rings (SSSR count). The van der Waals surface area contributed by atoms with E-state index in [-0.39, 0.29) is 11.9 Å². The number of methoxy groups -OCH3 is 1. The maximum Gasteiger partial charge on any atom is 0.159 e. The fourth-order valence-electron chi connectivity index (χ4n) is 5.53. The number of nitrogens with zero attached hydrogens (tertiary/aromatic N) is 2. The number of benzene rings is 2. The molecule has 2 N–H and O–H groups in total. The lowest BCUT2D eigenvalue weighted by molar-refractivity contribution is 0.101. The molecule has 2 aliphatic rings. The smallest absolute Gasteiger partial charge is 0.159 e. The van der Waals surface area contributed by atoms with Crippen molar-refractivity contribution in [3.05, 3.63) is 89.0 Å². The molecule has 206 valence electrons. The number of allylic oxidation sites excluding steroid dienone is 4. The summed E-state index contributed by atoms with van der Waals surface area (Å²) in [5, 5.41) is 6.93. The van der Waals surface area contributed by atoms with Gasteiger partial charge in [-0.05, 0) is 93.1 Å². The van der Waals surface area contributed by atoms with E-state index in [1.54, 1.807) is 21.1 Å². The number of aliphatic imine (C=N–C) groups is 1. The number of nitrogens with one attached hydrogen (secondary N) is 2. The van der Waals surface area contributed by atoms with Gasteiger partial charge in [0.05, 0.1) is 18.0 Å². The standard InChI is InChI=1S/C33H42N4O2/c1-22(24(3)37-17-14-28(15-18-37)27-9-7-26(8-10-27)25(4)38)19-23(2)30(13-16-34-5)29-11-12-31-32(20-29)36-33(35-31)21-39-6/h7-13,16,19-20,24,28,33,35-36H,2,14-15,17-18,21H2,1,3-6H3/b22-19+,30-13+,34-16?. The average molecular weight is 527 g/mol. The van der Waals surface area contributed by atoms with Gasteiger partial charge in [0.15, 0.2) is 5.78 Å². The highest BCUT2D eigenvalue weighted by molar-refractivity contribution is 5.94. The molecule has 0 saturated carbocycles. The van der Waals surface area contributed by atoms with E-state index in [1.807, 2.05) is 24.4 Å². The SMILES string of the molecule is C=C(/C=C(\C)C(C)N1CCC(c2ccc(C(C)=O)cc2)CC1)/C(=C\C=NC)c1ccc2c(c1)NC(COC)N2. The molecule has 6 nitrogen and oxygen atoms in total. The molecule has 0 aromatic heterocycles. The van der Waals surface area contributed by atoms with Crippen molar-refractivity contribution in [1.82, 2.24) is 4.90 Å². The minimum absolute atomic E-state index is 0.0696. The van der Waals surface area contributed by atoms with E-state index in [0.717, 1.165) is 59.6 Å². The molecule has 1 saturated heterocycles. The Balaban J connectivity index is 1.42. The number of fused-ring (bicyclic) bond motifs is 1. The highest BCUT2D eigenvalue weighted by Gasteiger charge is 2.25. The van der Waals surface area contributed by atoms with E-state index >= 15 is 0 Å². The van der Waals surface area contributed by atoms with Crippen molar-refractivity contribution >= 4 is 28.9 Å². The summed E-state index contributed by atoms with van der Waals surface area (Å²) in [5.41, 5.74) is 8.69. The molecule has 1 fully saturated rings. The van der Waals surface area contributed by atoms with Gasteiger partial charge in [-0.2, -0.15) is 0 Å². The zero-order chi connectivity index (χ0) is 27.9. The Bertz CT molecular complexity index is 1270. The number of ketones is 1. The second-order valence-electron chi connectivity index (χ2n) is 10.6. The van der Waals surface area contributed by atoms with Gasteiger partial charge >= 0.3 is 0 Å². The van der Waals surface area contributed by atoms with Crippen LogP contribution in [0.2, 0.25) is 0 Å². The average Bonchev–Trinajstić information content (AvgIpc) is 3.35. The fraction of sp³-hybridized carbons (Fsp3) is 0.394. The van der Waals surface area contributed by atoms with E-state index in [9.17, 15) is 4.79 Å². The Kier molecular flexibility index (Phi) is 9.54. The number of Topliss-reactive ketones (excluding diaryl/α,β-unsaturated/α-hetero) is 1. The van der Waals surface area contributed by atoms with Crippen LogP contribution in [-0.4, -0.2) is 63.0 Å². The summed E-state index contributed by atoms with van der Waals surface area (Å²) in [7, 11) is 3.49. The van der Waals surface area contributed by atoms with Crippen LogP contribution in [0.5, 0.6) is 0 Å². The van der Waals surface area contributed by atoms with Gasteiger partial charge in [0.1, 0.15) is 6.17 Å². The Morgan fingerprint density at radius 2 is 1.77 bits per heavy atom. The van der Waals surface area contributed by atoms with E-state index in [0.29, 0.717) is 18.6 Å². The maximum absolute atomic E-state index is 11.6. The van der Waals surface area contributed by atoms with Crippen LogP contribution in [0.25, 0.3) is 5.57 Å². The molecule has 2 aromatic carbocycles. The highest BCUT2D eigenvalue weighted by Crippen LogP contribution is 2.35. The summed E-state index contributed by atoms with van der Waals surface area (Å²) in [6, 6.07) is 14.9. The van der Waals surface area contributed by atoms with E-state index in [4.69, 9.17) is 4.74 Å². The Morgan fingerprint density at radius 1 is 1.10 bits per heavy atom. The quantitative estimate of drug-likeness (QED) is 0.209. The number of hydrogen-bond donors (Lipinski definition) is 2. The van der Waals surface area contributed by atoms with Gasteiger partial charge in [-0.3, -0.25) is 14.7 Å². The molecule has 2 unspecified atom stereocenters. The molecule has 0 amide bonds. The third-order valence-corrected chi connectivity index (χ3v) is 7.99. The second kappa shape index (κ2) is 13.0. The lowest BCUT2D eigenvalue weighted by Crippen LogP contribution is -2.40. The van der Waals surface area contributed by atoms with Crippen LogP contribution in [0.15, 0.2) is 77.3 Å². The van der Waals surface area contributed by atoms with Gasteiger partial charge in [-0.1, -0.05) is 48.6 Å². The minimum atomic E-state index is 0.0696. The minimum Gasteiger partial charge on any atom is -0.381 e. The summed E-state index contributed by atoms with van der Waals surface area (Å²) in [4.78, 5) is 18.4. The maximum atomic E-state index is 11.6. The third-order valence-electron chi connectivity index (χ3n) is 7.99. The predicted octanol–water partition coefficient (Wildman–Crippen LogP) is 6.55. The predicted molar refractivity (Wildman–Crippen MR) is 164 cm³/mol. The van der Waals surface area contributed by atoms with Crippen LogP contribution in [0.1, 0.15) is 61.0 Å². The van der Waals surface area contributed by atoms with Gasteiger partial charge in [0.2, 0.25) is 0 Å². The summed E-state index contributed by atoms with van der Waals surface area (Å²) >= 11 is 0. The normalized spacial score (nSPS) is 19.5. The monoisotopic (exact) mass is 526 g/mol. The van der Waals surface area contributed by atoms with Crippen molar-refractivity contribution < 1.29 is 9.53 Å². The number of rotatable bonds is 10. The molecule has 0 radical (unpaired) electrons. The lowest BCUT2D eigenvalue weighted by Gasteiger charge is -2.37. The third kappa shape index (κ3) is 6.94. The first-order chi connectivity index (χ1) is 18.8. The Morgan fingerprint density at radius 3 is 2.41 bits per heavy atom. The summed E-state index contributed by atoms with van der Waals surface area (Å²) < 4.78 is 5.29. The molecule has 2 aliphatic heterocycles. The number of hydrogen-bond acceptors (Lipinski definition) is 6. The fourth-order valence-corrected chi connectivity index (χ4v) is 5.53. The van der Waals surface area contributed by atoms with Gasteiger partial charge in [0, 0.05) is 32.0 Å². The summed E-state index contributed by atoms with van der Waals surface area (Å²) in [6.07, 6.45) is 8.40. The molecule has 6 heteroatoms. The van der Waals surface area contributed by atoms with Crippen molar-refractivity contribution in [3.63, 3.8) is 0 Å². The number of carbonyl (C=O) groups is 1. The first-order valence-electron chi connectivity index (χ1n) is 13.8. The molecule has 0 bridgehead atoms. The Labute approximate surface area is 233 Å². The molecule has 2 aromatic rings. The van der Waals surface area contributed by atoms with Gasteiger partial charge in [0.25, 0.3) is 0 Å². The molecule has 2 atom stereocenters. The number of likely N-dealkylation sites (tertiary alicyclic amines) is 1. The van der Waals surface area contributed by atoms with Crippen LogP contribution < -0.4 is 10.6 Å².